The molecule has 186 valence electrons. The average molecular weight is 493 g/mol. The molecule has 2 aromatic rings. The number of fused-ring (bicyclic) bond motifs is 2. The van der Waals surface area contributed by atoms with Crippen LogP contribution in [0.2, 0.25) is 18.1 Å². The van der Waals surface area contributed by atoms with E-state index >= 15 is 0 Å². The van der Waals surface area contributed by atoms with Crippen LogP contribution in [0.3, 0.4) is 0 Å². The molecule has 1 spiro atoms. The molecule has 7 heteroatoms. The van der Waals surface area contributed by atoms with Crippen molar-refractivity contribution in [2.75, 3.05) is 7.11 Å². The van der Waals surface area contributed by atoms with E-state index in [1.54, 1.807) is 7.11 Å². The van der Waals surface area contributed by atoms with Crippen LogP contribution in [-0.4, -0.2) is 61.8 Å². The van der Waals surface area contributed by atoms with Gasteiger partial charge in [-0.15, -0.1) is 0 Å². The van der Waals surface area contributed by atoms with Crippen LogP contribution in [0.15, 0.2) is 59.6 Å². The van der Waals surface area contributed by atoms with E-state index in [1.165, 1.54) is 0 Å². The summed E-state index contributed by atoms with van der Waals surface area (Å²) in [7, 11) is -0.565. The van der Waals surface area contributed by atoms with E-state index in [0.717, 1.165) is 16.9 Å². The summed E-state index contributed by atoms with van der Waals surface area (Å²) < 4.78 is 18.5. The Morgan fingerprint density at radius 1 is 1.09 bits per heavy atom. The van der Waals surface area contributed by atoms with Gasteiger partial charge in [-0.2, -0.15) is 0 Å². The number of Topliss-reactive ketones (excluding diaryl/α,β-unsaturated/α-hetero) is 1. The Morgan fingerprint density at radius 2 is 1.74 bits per heavy atom. The molecule has 0 N–H and O–H groups in total. The van der Waals surface area contributed by atoms with Gasteiger partial charge in [0.25, 0.3) is 0 Å². The van der Waals surface area contributed by atoms with E-state index in [-0.39, 0.29) is 29.0 Å². The molecule has 1 saturated carbocycles. The van der Waals surface area contributed by atoms with Crippen LogP contribution in [0.4, 0.5) is 0 Å². The quantitative estimate of drug-likeness (QED) is 0.427. The summed E-state index contributed by atoms with van der Waals surface area (Å²) in [5.41, 5.74) is 1.32. The van der Waals surface area contributed by atoms with Gasteiger partial charge in [0.2, 0.25) is 5.90 Å². The van der Waals surface area contributed by atoms with Gasteiger partial charge in [-0.1, -0.05) is 51.1 Å². The lowest BCUT2D eigenvalue weighted by Gasteiger charge is -2.43. The number of likely N-dealkylation sites (tertiary alicyclic amines) is 1. The third-order valence-corrected chi connectivity index (χ3v) is 12.8. The lowest BCUT2D eigenvalue weighted by molar-refractivity contribution is -0.129. The molecule has 0 amide bonds. The number of ether oxygens (including phenoxy) is 2. The normalized spacial score (nSPS) is 31.8. The first-order valence-corrected chi connectivity index (χ1v) is 15.3. The zero-order valence-electron chi connectivity index (χ0n) is 21.7. The highest BCUT2D eigenvalue weighted by Crippen LogP contribution is 2.56. The molecule has 2 aromatic carbocycles. The molecule has 5 rings (SSSR count). The van der Waals surface area contributed by atoms with Gasteiger partial charge < -0.3 is 13.9 Å². The highest BCUT2D eigenvalue weighted by atomic mass is 28.4. The Balaban J connectivity index is 1.51. The summed E-state index contributed by atoms with van der Waals surface area (Å²) in [6, 6.07) is 17.8. The number of piperidine rings is 1. The Morgan fingerprint density at radius 3 is 2.34 bits per heavy atom. The predicted octanol–water partition coefficient (Wildman–Crippen LogP) is 4.83. The third kappa shape index (κ3) is 3.84. The number of carbonyl (C=O) groups excluding carboxylic acids is 1. The lowest BCUT2D eigenvalue weighted by Crippen LogP contribution is -2.59. The van der Waals surface area contributed by atoms with E-state index in [1.807, 2.05) is 49.4 Å². The first kappa shape index (κ1) is 24.2. The van der Waals surface area contributed by atoms with Crippen molar-refractivity contribution in [2.24, 2.45) is 4.99 Å². The van der Waals surface area contributed by atoms with E-state index < -0.39 is 20.0 Å². The van der Waals surface area contributed by atoms with Gasteiger partial charge in [-0.25, -0.2) is 4.99 Å². The van der Waals surface area contributed by atoms with Crippen molar-refractivity contribution in [1.29, 1.82) is 0 Å². The summed E-state index contributed by atoms with van der Waals surface area (Å²) in [6.07, 6.45) is -0.867. The summed E-state index contributed by atoms with van der Waals surface area (Å²) in [5.74, 6) is 1.57. The number of hydrogen-bond acceptors (Lipinski definition) is 6. The molecule has 2 heterocycles. The van der Waals surface area contributed by atoms with Crippen molar-refractivity contribution >= 4 is 20.0 Å². The predicted molar refractivity (Wildman–Crippen MR) is 139 cm³/mol. The smallest absolute Gasteiger partial charge is 0.217 e. The molecule has 0 aromatic heterocycles. The number of ketones is 1. The monoisotopic (exact) mass is 492 g/mol. The van der Waals surface area contributed by atoms with Crippen LogP contribution in [0.5, 0.6) is 5.75 Å². The Kier molecular flexibility index (Phi) is 5.73. The van der Waals surface area contributed by atoms with E-state index in [9.17, 15) is 4.79 Å². The molecule has 6 nitrogen and oxygen atoms in total. The van der Waals surface area contributed by atoms with Crippen LogP contribution >= 0.6 is 0 Å². The van der Waals surface area contributed by atoms with Crippen molar-refractivity contribution in [3.8, 4) is 5.75 Å². The number of aliphatic imine (C=N–C) groups is 1. The van der Waals surface area contributed by atoms with Gasteiger partial charge in [0.05, 0.1) is 19.2 Å². The fourth-order valence-electron chi connectivity index (χ4n) is 5.26. The summed E-state index contributed by atoms with van der Waals surface area (Å²) in [5, 5.41) is -0.0152. The fourth-order valence-corrected chi connectivity index (χ4v) is 6.51. The highest BCUT2D eigenvalue weighted by molar-refractivity contribution is 6.74. The largest absolute Gasteiger partial charge is 0.497 e. The molecular weight excluding hydrogens is 456 g/mol. The van der Waals surface area contributed by atoms with Crippen LogP contribution in [-0.2, 0) is 20.5 Å². The zero-order valence-corrected chi connectivity index (χ0v) is 22.7. The maximum atomic E-state index is 13.9. The third-order valence-electron chi connectivity index (χ3n) is 8.37. The number of carbonyl (C=O) groups is 1. The van der Waals surface area contributed by atoms with E-state index in [0.29, 0.717) is 12.4 Å². The summed E-state index contributed by atoms with van der Waals surface area (Å²) in [4.78, 5) is 21.4. The number of rotatable bonds is 6. The molecule has 3 unspecified atom stereocenters. The summed E-state index contributed by atoms with van der Waals surface area (Å²) in [6.45, 7) is 13.7. The highest BCUT2D eigenvalue weighted by Gasteiger charge is 2.78. The standard InChI is InChI=1S/C28H36N2O4Si/c1-18-28(29-26(33-18)20-11-9-8-10-12-20)24-22(23(31)25(28)34-35(6,7)27(2,3)4)30(24)17-19-13-15-21(32-5)16-14-19/h8-16,18,22,24-25H,17H2,1-7H3/t18?,22-,24-,25?,28-,30?/m0/s1. The van der Waals surface area contributed by atoms with Gasteiger partial charge in [0.15, 0.2) is 19.6 Å². The molecule has 3 aliphatic rings. The zero-order chi connectivity index (χ0) is 25.2. The number of nitrogens with zero attached hydrogens (tertiary/aromatic N) is 2. The second kappa shape index (κ2) is 8.29. The minimum atomic E-state index is -2.23. The van der Waals surface area contributed by atoms with Crippen molar-refractivity contribution < 1.29 is 18.7 Å². The Bertz CT molecular complexity index is 1140. The van der Waals surface area contributed by atoms with Crippen LogP contribution in [0.1, 0.15) is 38.8 Å². The number of hydrogen-bond donors (Lipinski definition) is 0. The fraction of sp³-hybridized carbons (Fsp3) is 0.500. The van der Waals surface area contributed by atoms with Crippen molar-refractivity contribution in [3.63, 3.8) is 0 Å². The molecule has 2 fully saturated rings. The van der Waals surface area contributed by atoms with Crippen molar-refractivity contribution in [3.05, 3.63) is 65.7 Å². The van der Waals surface area contributed by atoms with Gasteiger partial charge >= 0.3 is 0 Å². The second-order valence-electron chi connectivity index (χ2n) is 11.5. The van der Waals surface area contributed by atoms with Gasteiger partial charge in [-0.3, -0.25) is 9.69 Å². The first-order valence-electron chi connectivity index (χ1n) is 12.4. The van der Waals surface area contributed by atoms with Gasteiger partial charge in [0.1, 0.15) is 18.0 Å². The Hall–Kier alpha value is -2.48. The molecule has 1 aliphatic carbocycles. The molecule has 0 radical (unpaired) electrons. The molecule has 1 saturated heterocycles. The molecular formula is C28H36N2O4Si. The molecule has 2 aliphatic heterocycles. The van der Waals surface area contributed by atoms with Crippen LogP contribution in [0.25, 0.3) is 0 Å². The maximum absolute atomic E-state index is 13.9. The minimum Gasteiger partial charge on any atom is -0.497 e. The van der Waals surface area contributed by atoms with E-state index in [2.05, 4.69) is 50.9 Å². The lowest BCUT2D eigenvalue weighted by atomic mass is 9.88. The van der Waals surface area contributed by atoms with Gasteiger partial charge in [-0.05, 0) is 54.9 Å². The molecule has 0 bridgehead atoms. The van der Waals surface area contributed by atoms with Crippen LogP contribution in [0, 0.1) is 0 Å². The molecule has 6 atom stereocenters. The Labute approximate surface area is 209 Å². The number of methoxy groups -OCH3 is 1. The SMILES string of the molecule is COc1ccc(CN2[C@H]3[C@@H]2C(=O)C(O[Si](C)(C)C(C)(C)C)[C@@]32N=C(c3ccccc3)OC2C)cc1. The topological polar surface area (TPSA) is 60.1 Å². The second-order valence-corrected chi connectivity index (χ2v) is 16.3. The van der Waals surface area contributed by atoms with Crippen LogP contribution < -0.4 is 4.74 Å². The van der Waals surface area contributed by atoms with Crippen molar-refractivity contribution in [1.82, 2.24) is 4.90 Å². The minimum absolute atomic E-state index is 0.0152. The number of benzene rings is 2. The van der Waals surface area contributed by atoms with Crippen molar-refractivity contribution in [2.45, 2.75) is 82.2 Å². The maximum Gasteiger partial charge on any atom is 0.217 e. The van der Waals surface area contributed by atoms with Gasteiger partial charge in [0, 0.05) is 12.1 Å². The summed E-state index contributed by atoms with van der Waals surface area (Å²) >= 11 is 0. The van der Waals surface area contributed by atoms with E-state index in [4.69, 9.17) is 18.9 Å². The average Bonchev–Trinajstić information content (AvgIpc) is 3.34. The first-order chi connectivity index (χ1) is 16.5. The molecule has 35 heavy (non-hydrogen) atoms.